The summed E-state index contributed by atoms with van der Waals surface area (Å²) in [5.41, 5.74) is 1.92. The van der Waals surface area contributed by atoms with Gasteiger partial charge in [-0.3, -0.25) is 9.59 Å². The molecule has 2 amide bonds. The number of benzene rings is 2. The molecule has 1 atom stereocenters. The molecule has 0 saturated carbocycles. The van der Waals surface area contributed by atoms with E-state index in [-0.39, 0.29) is 11.8 Å². The zero-order valence-electron chi connectivity index (χ0n) is 15.5. The van der Waals surface area contributed by atoms with Crippen LogP contribution in [0.25, 0.3) is 0 Å². The molecule has 0 radical (unpaired) electrons. The Morgan fingerprint density at radius 2 is 1.74 bits per heavy atom. The van der Waals surface area contributed by atoms with Gasteiger partial charge >= 0.3 is 0 Å². The number of carbonyl (C=O) groups is 2. The quantitative estimate of drug-likeness (QED) is 0.702. The van der Waals surface area contributed by atoms with Crippen LogP contribution in [0, 0.1) is 0 Å². The lowest BCUT2D eigenvalue weighted by molar-refractivity contribution is -0.140. The first-order valence-electron chi connectivity index (χ1n) is 8.97. The van der Waals surface area contributed by atoms with Crippen LogP contribution in [0.15, 0.2) is 48.5 Å². The van der Waals surface area contributed by atoms with E-state index in [1.54, 1.807) is 24.0 Å². The van der Waals surface area contributed by atoms with Crippen molar-refractivity contribution in [3.05, 3.63) is 69.7 Å². The minimum atomic E-state index is -0.581. The molecule has 0 aliphatic rings. The molecule has 1 unspecified atom stereocenters. The molecule has 0 aliphatic carbocycles. The summed E-state index contributed by atoms with van der Waals surface area (Å²) < 4.78 is 0. The molecular formula is C21H24Cl2N2O2. The lowest BCUT2D eigenvalue weighted by Crippen LogP contribution is -2.47. The molecule has 2 aromatic rings. The Bertz CT molecular complexity index is 781. The minimum absolute atomic E-state index is 0.0799. The van der Waals surface area contributed by atoms with Gasteiger partial charge in [-0.15, -0.1) is 0 Å². The van der Waals surface area contributed by atoms with Crippen molar-refractivity contribution in [1.82, 2.24) is 10.2 Å². The second kappa shape index (κ2) is 10.3. The summed E-state index contributed by atoms with van der Waals surface area (Å²) in [5.74, 6) is -0.255. The van der Waals surface area contributed by atoms with Crippen molar-refractivity contribution in [2.75, 3.05) is 6.54 Å². The first-order chi connectivity index (χ1) is 12.9. The van der Waals surface area contributed by atoms with Crippen LogP contribution in [0.3, 0.4) is 0 Å². The number of amides is 2. The highest BCUT2D eigenvalue weighted by Gasteiger charge is 2.25. The Labute approximate surface area is 170 Å². The fraction of sp³-hybridized carbons (Fsp3) is 0.333. The SMILES string of the molecule is CCNC(=O)C(C)N(Cc1ccc(Cl)c(Cl)c1)C(=O)CCc1ccccc1. The molecule has 4 nitrogen and oxygen atoms in total. The van der Waals surface area contributed by atoms with Crippen LogP contribution in [-0.4, -0.2) is 29.3 Å². The monoisotopic (exact) mass is 406 g/mol. The van der Waals surface area contributed by atoms with Crippen LogP contribution in [0.1, 0.15) is 31.4 Å². The molecule has 27 heavy (non-hydrogen) atoms. The Morgan fingerprint density at radius 3 is 2.37 bits per heavy atom. The van der Waals surface area contributed by atoms with Crippen LogP contribution in [0.5, 0.6) is 0 Å². The van der Waals surface area contributed by atoms with E-state index >= 15 is 0 Å². The summed E-state index contributed by atoms with van der Waals surface area (Å²) in [5, 5.41) is 3.67. The van der Waals surface area contributed by atoms with Gasteiger partial charge in [0.2, 0.25) is 11.8 Å². The average molecular weight is 407 g/mol. The van der Waals surface area contributed by atoms with Crippen molar-refractivity contribution < 1.29 is 9.59 Å². The maximum Gasteiger partial charge on any atom is 0.242 e. The van der Waals surface area contributed by atoms with E-state index in [0.717, 1.165) is 11.1 Å². The number of likely N-dealkylation sites (N-methyl/N-ethyl adjacent to an activating group) is 1. The van der Waals surface area contributed by atoms with Gasteiger partial charge in [-0.05, 0) is 43.5 Å². The van der Waals surface area contributed by atoms with Gasteiger partial charge in [-0.2, -0.15) is 0 Å². The van der Waals surface area contributed by atoms with E-state index in [0.29, 0.717) is 36.0 Å². The Hall–Kier alpha value is -2.04. The average Bonchev–Trinajstić information content (AvgIpc) is 2.67. The predicted molar refractivity (Wildman–Crippen MR) is 110 cm³/mol. The number of halogens is 2. The van der Waals surface area contributed by atoms with Gasteiger partial charge in [0.1, 0.15) is 6.04 Å². The molecule has 1 N–H and O–H groups in total. The summed E-state index contributed by atoms with van der Waals surface area (Å²) in [7, 11) is 0. The number of hydrogen-bond donors (Lipinski definition) is 1. The molecule has 0 aliphatic heterocycles. The summed E-state index contributed by atoms with van der Waals surface area (Å²) in [6.45, 7) is 4.40. The normalized spacial score (nSPS) is 11.7. The number of carbonyl (C=O) groups excluding carboxylic acids is 2. The largest absolute Gasteiger partial charge is 0.355 e. The second-order valence-electron chi connectivity index (χ2n) is 6.33. The zero-order chi connectivity index (χ0) is 19.8. The molecule has 0 saturated heterocycles. The summed E-state index contributed by atoms with van der Waals surface area (Å²) in [4.78, 5) is 26.8. The number of rotatable bonds is 8. The van der Waals surface area contributed by atoms with E-state index in [1.807, 2.05) is 43.3 Å². The maximum absolute atomic E-state index is 12.9. The van der Waals surface area contributed by atoms with Gasteiger partial charge in [-0.1, -0.05) is 59.6 Å². The van der Waals surface area contributed by atoms with Crippen molar-refractivity contribution in [3.8, 4) is 0 Å². The number of nitrogens with zero attached hydrogens (tertiary/aromatic N) is 1. The minimum Gasteiger partial charge on any atom is -0.355 e. The first kappa shape index (κ1) is 21.3. The molecule has 0 fully saturated rings. The molecule has 144 valence electrons. The van der Waals surface area contributed by atoms with Crippen molar-refractivity contribution in [2.45, 2.75) is 39.3 Å². The van der Waals surface area contributed by atoms with Gasteiger partial charge in [0.25, 0.3) is 0 Å². The smallest absolute Gasteiger partial charge is 0.242 e. The van der Waals surface area contributed by atoms with Crippen LogP contribution < -0.4 is 5.32 Å². The molecule has 0 aromatic heterocycles. The summed E-state index contributed by atoms with van der Waals surface area (Å²) >= 11 is 12.1. The van der Waals surface area contributed by atoms with Gasteiger partial charge in [0.15, 0.2) is 0 Å². The summed E-state index contributed by atoms with van der Waals surface area (Å²) in [6.07, 6.45) is 0.953. The third-order valence-electron chi connectivity index (χ3n) is 4.33. The van der Waals surface area contributed by atoms with Crippen molar-refractivity contribution in [1.29, 1.82) is 0 Å². The fourth-order valence-corrected chi connectivity index (χ4v) is 3.10. The fourth-order valence-electron chi connectivity index (χ4n) is 2.78. The molecule has 0 heterocycles. The summed E-state index contributed by atoms with van der Waals surface area (Å²) in [6, 6.07) is 14.5. The van der Waals surface area contributed by atoms with E-state index in [2.05, 4.69) is 5.32 Å². The van der Waals surface area contributed by atoms with Crippen LogP contribution in [-0.2, 0) is 22.6 Å². The number of hydrogen-bond acceptors (Lipinski definition) is 2. The predicted octanol–water partition coefficient (Wildman–Crippen LogP) is 4.48. The Morgan fingerprint density at radius 1 is 1.04 bits per heavy atom. The van der Waals surface area contributed by atoms with E-state index in [1.165, 1.54) is 0 Å². The van der Waals surface area contributed by atoms with Crippen molar-refractivity contribution in [3.63, 3.8) is 0 Å². The van der Waals surface area contributed by atoms with Gasteiger partial charge in [-0.25, -0.2) is 0 Å². The lowest BCUT2D eigenvalue weighted by atomic mass is 10.1. The topological polar surface area (TPSA) is 49.4 Å². The molecule has 2 rings (SSSR count). The van der Waals surface area contributed by atoms with Crippen LogP contribution in [0.4, 0.5) is 0 Å². The standard InChI is InChI=1S/C21H24Cl2N2O2/c1-3-24-21(27)15(2)25(14-17-9-11-18(22)19(23)13-17)20(26)12-10-16-7-5-4-6-8-16/h4-9,11,13,15H,3,10,12,14H2,1-2H3,(H,24,27). The van der Waals surface area contributed by atoms with Gasteiger partial charge < -0.3 is 10.2 Å². The van der Waals surface area contributed by atoms with Gasteiger partial charge in [0.05, 0.1) is 10.0 Å². The molecule has 6 heteroatoms. The highest BCUT2D eigenvalue weighted by Crippen LogP contribution is 2.24. The first-order valence-corrected chi connectivity index (χ1v) is 9.73. The third-order valence-corrected chi connectivity index (χ3v) is 5.06. The number of nitrogens with one attached hydrogen (secondary N) is 1. The Balaban J connectivity index is 2.15. The van der Waals surface area contributed by atoms with Crippen molar-refractivity contribution in [2.24, 2.45) is 0 Å². The van der Waals surface area contributed by atoms with Crippen molar-refractivity contribution >= 4 is 35.0 Å². The molecule has 0 spiro atoms. The van der Waals surface area contributed by atoms with E-state index in [4.69, 9.17) is 23.2 Å². The highest BCUT2D eigenvalue weighted by atomic mass is 35.5. The third kappa shape index (κ3) is 6.26. The van der Waals surface area contributed by atoms with Crippen LogP contribution >= 0.6 is 23.2 Å². The second-order valence-corrected chi connectivity index (χ2v) is 7.14. The lowest BCUT2D eigenvalue weighted by Gasteiger charge is -2.29. The van der Waals surface area contributed by atoms with E-state index < -0.39 is 6.04 Å². The maximum atomic E-state index is 12.9. The molecule has 2 aromatic carbocycles. The number of aryl methyl sites for hydroxylation is 1. The van der Waals surface area contributed by atoms with Gasteiger partial charge in [0, 0.05) is 19.5 Å². The zero-order valence-corrected chi connectivity index (χ0v) is 17.1. The van der Waals surface area contributed by atoms with E-state index in [9.17, 15) is 9.59 Å². The Kier molecular flexibility index (Phi) is 8.14. The molecule has 0 bridgehead atoms. The van der Waals surface area contributed by atoms with Crippen LogP contribution in [0.2, 0.25) is 10.0 Å². The highest BCUT2D eigenvalue weighted by molar-refractivity contribution is 6.42. The molecular weight excluding hydrogens is 383 g/mol.